The van der Waals surface area contributed by atoms with E-state index in [9.17, 15) is 14.4 Å². The zero-order valence-electron chi connectivity index (χ0n) is 20.3. The van der Waals surface area contributed by atoms with Crippen LogP contribution < -0.4 is 5.32 Å². The van der Waals surface area contributed by atoms with E-state index in [4.69, 9.17) is 9.15 Å². The van der Waals surface area contributed by atoms with Crippen molar-refractivity contribution in [2.45, 2.75) is 58.8 Å². The SMILES string of the molecule is Cc1ccc(C(=O)N2C(C(=O)NCc3ccco3)COC23CCN(C(=O)C(C)(C)C)CC3)cc1. The lowest BCUT2D eigenvalue weighted by molar-refractivity contribution is -0.150. The molecule has 8 heteroatoms. The fraction of sp³-hybridized carbons (Fsp3) is 0.500. The van der Waals surface area contributed by atoms with Crippen LogP contribution in [-0.2, 0) is 20.9 Å². The van der Waals surface area contributed by atoms with E-state index in [1.54, 1.807) is 35.4 Å². The number of piperidine rings is 1. The fourth-order valence-electron chi connectivity index (χ4n) is 4.64. The standard InChI is InChI=1S/C26H33N3O5/c1-18-7-9-19(10-8-18)23(31)29-21(22(30)27-16-20-6-5-15-33-20)17-34-26(29)11-13-28(14-12-26)24(32)25(2,3)4/h5-10,15,21H,11-14,16-17H2,1-4H3,(H,27,30). The average molecular weight is 468 g/mol. The molecule has 0 radical (unpaired) electrons. The third kappa shape index (κ3) is 4.73. The van der Waals surface area contributed by atoms with E-state index in [0.717, 1.165) is 5.56 Å². The van der Waals surface area contributed by atoms with Crippen LogP contribution in [0, 0.1) is 12.3 Å². The molecule has 1 aromatic carbocycles. The molecule has 1 spiro atoms. The Balaban J connectivity index is 1.57. The second-order valence-corrected chi connectivity index (χ2v) is 10.2. The summed E-state index contributed by atoms with van der Waals surface area (Å²) in [5.41, 5.74) is 0.147. The Morgan fingerprint density at radius 2 is 1.76 bits per heavy atom. The minimum Gasteiger partial charge on any atom is -0.467 e. The van der Waals surface area contributed by atoms with Crippen molar-refractivity contribution in [3.63, 3.8) is 0 Å². The van der Waals surface area contributed by atoms with Crippen molar-refractivity contribution in [2.24, 2.45) is 5.41 Å². The molecule has 0 aliphatic carbocycles. The summed E-state index contributed by atoms with van der Waals surface area (Å²) in [7, 11) is 0. The number of rotatable bonds is 4. The monoisotopic (exact) mass is 467 g/mol. The number of carbonyl (C=O) groups excluding carboxylic acids is 3. The van der Waals surface area contributed by atoms with E-state index in [1.165, 1.54) is 0 Å². The van der Waals surface area contributed by atoms with E-state index in [-0.39, 0.29) is 30.9 Å². The van der Waals surface area contributed by atoms with E-state index in [0.29, 0.717) is 37.3 Å². The Morgan fingerprint density at radius 3 is 2.35 bits per heavy atom. The lowest BCUT2D eigenvalue weighted by Gasteiger charge is -2.45. The smallest absolute Gasteiger partial charge is 0.256 e. The number of benzene rings is 1. The third-order valence-electron chi connectivity index (χ3n) is 6.57. The van der Waals surface area contributed by atoms with E-state index in [2.05, 4.69) is 5.32 Å². The van der Waals surface area contributed by atoms with Crippen LogP contribution in [0.25, 0.3) is 0 Å². The number of furan rings is 1. The van der Waals surface area contributed by atoms with Crippen LogP contribution in [-0.4, -0.2) is 59.0 Å². The summed E-state index contributed by atoms with van der Waals surface area (Å²) >= 11 is 0. The minimum absolute atomic E-state index is 0.0736. The fourth-order valence-corrected chi connectivity index (χ4v) is 4.64. The maximum atomic E-state index is 13.7. The number of likely N-dealkylation sites (tertiary alicyclic amines) is 1. The molecule has 2 aliphatic heterocycles. The molecule has 4 rings (SSSR count). The summed E-state index contributed by atoms with van der Waals surface area (Å²) < 4.78 is 11.5. The molecule has 182 valence electrons. The molecule has 34 heavy (non-hydrogen) atoms. The maximum Gasteiger partial charge on any atom is 0.256 e. The molecule has 2 aromatic rings. The van der Waals surface area contributed by atoms with Gasteiger partial charge in [0.05, 0.1) is 19.4 Å². The highest BCUT2D eigenvalue weighted by Gasteiger charge is 2.54. The Labute approximate surface area is 200 Å². The van der Waals surface area contributed by atoms with Crippen LogP contribution in [0.4, 0.5) is 0 Å². The van der Waals surface area contributed by atoms with Gasteiger partial charge in [-0.25, -0.2) is 0 Å². The Morgan fingerprint density at radius 1 is 1.09 bits per heavy atom. The molecule has 1 aromatic heterocycles. The lowest BCUT2D eigenvalue weighted by atomic mass is 9.91. The summed E-state index contributed by atoms with van der Waals surface area (Å²) in [5.74, 6) is 0.171. The largest absolute Gasteiger partial charge is 0.467 e. The molecule has 8 nitrogen and oxygen atoms in total. The molecule has 1 unspecified atom stereocenters. The highest BCUT2D eigenvalue weighted by molar-refractivity contribution is 5.98. The molecule has 1 N–H and O–H groups in total. The number of hydrogen-bond donors (Lipinski definition) is 1. The second kappa shape index (κ2) is 9.25. The lowest BCUT2D eigenvalue weighted by Crippen LogP contribution is -2.60. The normalized spacial score (nSPS) is 19.9. The van der Waals surface area contributed by atoms with Gasteiger partial charge in [0.2, 0.25) is 11.8 Å². The van der Waals surface area contributed by atoms with Gasteiger partial charge in [0.15, 0.2) is 0 Å². The summed E-state index contributed by atoms with van der Waals surface area (Å²) in [4.78, 5) is 43.1. The van der Waals surface area contributed by atoms with Gasteiger partial charge in [-0.15, -0.1) is 0 Å². The van der Waals surface area contributed by atoms with E-state index in [1.807, 2.05) is 44.7 Å². The number of carbonyl (C=O) groups is 3. The minimum atomic E-state index is -0.927. The number of aryl methyl sites for hydroxylation is 1. The van der Waals surface area contributed by atoms with Gasteiger partial charge in [-0.2, -0.15) is 0 Å². The zero-order chi connectivity index (χ0) is 24.5. The Bertz CT molecular complexity index is 1030. The number of hydrogen-bond acceptors (Lipinski definition) is 5. The van der Waals surface area contributed by atoms with Crippen molar-refractivity contribution in [1.82, 2.24) is 15.1 Å². The van der Waals surface area contributed by atoms with Crippen LogP contribution in [0.1, 0.15) is 55.3 Å². The molecule has 2 fully saturated rings. The molecular formula is C26H33N3O5. The molecule has 2 aliphatic rings. The number of ether oxygens (including phenoxy) is 1. The number of nitrogens with zero attached hydrogens (tertiary/aromatic N) is 2. The first-order chi connectivity index (χ1) is 16.1. The van der Waals surface area contributed by atoms with Crippen molar-refractivity contribution in [2.75, 3.05) is 19.7 Å². The topological polar surface area (TPSA) is 92.1 Å². The maximum absolute atomic E-state index is 13.7. The number of amides is 3. The van der Waals surface area contributed by atoms with Crippen molar-refractivity contribution in [3.05, 3.63) is 59.5 Å². The molecule has 3 heterocycles. The van der Waals surface area contributed by atoms with Crippen molar-refractivity contribution in [1.29, 1.82) is 0 Å². The Hall–Kier alpha value is -3.13. The third-order valence-corrected chi connectivity index (χ3v) is 6.57. The van der Waals surface area contributed by atoms with Gasteiger partial charge in [0, 0.05) is 36.9 Å². The van der Waals surface area contributed by atoms with Gasteiger partial charge in [-0.05, 0) is 31.2 Å². The first kappa shape index (κ1) is 24.0. The predicted molar refractivity (Wildman–Crippen MR) is 126 cm³/mol. The van der Waals surface area contributed by atoms with Gasteiger partial charge >= 0.3 is 0 Å². The molecule has 1 atom stereocenters. The van der Waals surface area contributed by atoms with Crippen LogP contribution >= 0.6 is 0 Å². The van der Waals surface area contributed by atoms with Crippen LogP contribution in [0.3, 0.4) is 0 Å². The molecule has 0 saturated carbocycles. The van der Waals surface area contributed by atoms with Gasteiger partial charge in [0.25, 0.3) is 5.91 Å². The summed E-state index contributed by atoms with van der Waals surface area (Å²) in [5, 5.41) is 2.87. The van der Waals surface area contributed by atoms with Gasteiger partial charge in [-0.1, -0.05) is 38.5 Å². The van der Waals surface area contributed by atoms with Crippen molar-refractivity contribution < 1.29 is 23.5 Å². The second-order valence-electron chi connectivity index (χ2n) is 10.2. The molecule has 2 saturated heterocycles. The van der Waals surface area contributed by atoms with E-state index < -0.39 is 17.2 Å². The van der Waals surface area contributed by atoms with Crippen LogP contribution in [0.15, 0.2) is 47.1 Å². The Kier molecular flexibility index (Phi) is 6.53. The van der Waals surface area contributed by atoms with Gasteiger partial charge in [-0.3, -0.25) is 19.3 Å². The molecular weight excluding hydrogens is 434 g/mol. The van der Waals surface area contributed by atoms with Crippen LogP contribution in [0.2, 0.25) is 0 Å². The van der Waals surface area contributed by atoms with Crippen LogP contribution in [0.5, 0.6) is 0 Å². The van der Waals surface area contributed by atoms with E-state index >= 15 is 0 Å². The van der Waals surface area contributed by atoms with Crippen molar-refractivity contribution >= 4 is 17.7 Å². The summed E-state index contributed by atoms with van der Waals surface area (Å²) in [6.45, 7) is 8.93. The quantitative estimate of drug-likeness (QED) is 0.746. The first-order valence-corrected chi connectivity index (χ1v) is 11.7. The van der Waals surface area contributed by atoms with Crippen molar-refractivity contribution in [3.8, 4) is 0 Å². The molecule has 3 amide bonds. The highest BCUT2D eigenvalue weighted by atomic mass is 16.5. The summed E-state index contributed by atoms with van der Waals surface area (Å²) in [6, 6.07) is 10.1. The van der Waals surface area contributed by atoms with Gasteiger partial charge in [0.1, 0.15) is 17.5 Å². The predicted octanol–water partition coefficient (Wildman–Crippen LogP) is 3.11. The first-order valence-electron chi connectivity index (χ1n) is 11.7. The number of nitrogens with one attached hydrogen (secondary N) is 1. The summed E-state index contributed by atoms with van der Waals surface area (Å²) in [6.07, 6.45) is 2.46. The highest BCUT2D eigenvalue weighted by Crippen LogP contribution is 2.39. The average Bonchev–Trinajstić information content (AvgIpc) is 3.45. The van der Waals surface area contributed by atoms with Gasteiger partial charge < -0.3 is 19.4 Å². The molecule has 0 bridgehead atoms. The zero-order valence-corrected chi connectivity index (χ0v) is 20.3.